The molecular formula is C67H46N2. The molecule has 0 radical (unpaired) electrons. The van der Waals surface area contributed by atoms with Gasteiger partial charge in [-0.05, 0) is 138 Å². The van der Waals surface area contributed by atoms with Gasteiger partial charge < -0.3 is 9.47 Å². The van der Waals surface area contributed by atoms with Gasteiger partial charge in [0.05, 0.1) is 16.7 Å². The van der Waals surface area contributed by atoms with Crippen molar-refractivity contribution in [2.75, 3.05) is 4.90 Å². The van der Waals surface area contributed by atoms with E-state index in [1.165, 1.54) is 116 Å². The molecule has 1 aliphatic heterocycles. The molecule has 2 aliphatic rings. The van der Waals surface area contributed by atoms with E-state index in [1.54, 1.807) is 0 Å². The lowest BCUT2D eigenvalue weighted by Gasteiger charge is -2.27. The molecule has 2 nitrogen and oxygen atoms in total. The summed E-state index contributed by atoms with van der Waals surface area (Å²) in [5, 5.41) is 5.07. The Morgan fingerprint density at radius 1 is 0.333 bits per heavy atom. The van der Waals surface area contributed by atoms with Crippen LogP contribution in [0.2, 0.25) is 0 Å². The van der Waals surface area contributed by atoms with Crippen LogP contribution in [0.15, 0.2) is 243 Å². The van der Waals surface area contributed by atoms with Gasteiger partial charge in [0, 0.05) is 44.4 Å². The van der Waals surface area contributed by atoms with Gasteiger partial charge in [-0.15, -0.1) is 0 Å². The average Bonchev–Trinajstić information content (AvgIpc) is 3.82. The molecule has 0 spiro atoms. The van der Waals surface area contributed by atoms with Crippen molar-refractivity contribution in [3.8, 4) is 72.4 Å². The van der Waals surface area contributed by atoms with E-state index < -0.39 is 0 Å². The molecular weight excluding hydrogens is 833 g/mol. The molecule has 0 saturated carbocycles. The van der Waals surface area contributed by atoms with Gasteiger partial charge >= 0.3 is 0 Å². The summed E-state index contributed by atoms with van der Waals surface area (Å²) < 4.78 is 2.57. The van der Waals surface area contributed by atoms with Crippen LogP contribution in [0.5, 0.6) is 0 Å². The number of benzene rings is 11. The van der Waals surface area contributed by atoms with Gasteiger partial charge in [-0.1, -0.05) is 196 Å². The Morgan fingerprint density at radius 3 is 1.71 bits per heavy atom. The minimum atomic E-state index is -0.0903. The largest absolute Gasteiger partial charge is 0.310 e. The first kappa shape index (κ1) is 39.4. The molecule has 14 rings (SSSR count). The summed E-state index contributed by atoms with van der Waals surface area (Å²) in [7, 11) is 0. The summed E-state index contributed by atoms with van der Waals surface area (Å²) in [6.07, 6.45) is 0. The smallest absolute Gasteiger partial charge is 0.0623 e. The van der Waals surface area contributed by atoms with Crippen LogP contribution >= 0.6 is 0 Å². The summed E-state index contributed by atoms with van der Waals surface area (Å²) in [5.74, 6) is 0. The van der Waals surface area contributed by atoms with Crippen LogP contribution in [0.1, 0.15) is 25.0 Å². The summed E-state index contributed by atoms with van der Waals surface area (Å²) in [6, 6.07) is 89.9. The topological polar surface area (TPSA) is 8.17 Å². The summed E-state index contributed by atoms with van der Waals surface area (Å²) >= 11 is 0. The van der Waals surface area contributed by atoms with Crippen LogP contribution in [-0.2, 0) is 5.41 Å². The number of hydrogen-bond acceptors (Lipinski definition) is 1. The highest BCUT2D eigenvalue weighted by atomic mass is 15.1. The Bertz CT molecular complexity index is 3970. The Morgan fingerprint density at radius 2 is 0.928 bits per heavy atom. The summed E-state index contributed by atoms with van der Waals surface area (Å²) in [5.41, 5.74) is 24.5. The van der Waals surface area contributed by atoms with E-state index in [2.05, 4.69) is 266 Å². The lowest BCUT2D eigenvalue weighted by molar-refractivity contribution is 0.661. The van der Waals surface area contributed by atoms with Crippen molar-refractivity contribution in [1.29, 1.82) is 0 Å². The second kappa shape index (κ2) is 15.2. The van der Waals surface area contributed by atoms with Crippen LogP contribution in [0.4, 0.5) is 17.1 Å². The molecule has 0 atom stereocenters. The number of fused-ring (bicyclic) bond motifs is 7. The number of anilines is 3. The van der Waals surface area contributed by atoms with Crippen molar-refractivity contribution in [3.63, 3.8) is 0 Å². The maximum absolute atomic E-state index is 2.57. The fraction of sp³-hybridized carbons (Fsp3) is 0.0448. The van der Waals surface area contributed by atoms with Gasteiger partial charge in [-0.25, -0.2) is 0 Å². The van der Waals surface area contributed by atoms with Crippen LogP contribution < -0.4 is 4.90 Å². The van der Waals surface area contributed by atoms with Gasteiger partial charge in [0.2, 0.25) is 0 Å². The fourth-order valence-corrected chi connectivity index (χ4v) is 11.7. The van der Waals surface area contributed by atoms with Crippen molar-refractivity contribution >= 4 is 49.6 Å². The lowest BCUT2D eigenvalue weighted by Crippen LogP contribution is -2.15. The molecule has 1 aromatic heterocycles. The SMILES string of the molecule is CC1(C)c2cccc3c2-c2c1ccc1c4ccccc4n(c21)-c1cc(-c2ccc(N(c4cccc(-c5ccc6ccccc6c5)c4)c4cc(-c5ccccc5)cc(-c5ccccc5)c4)cc2)ccc1-3. The minimum absolute atomic E-state index is 0.0903. The zero-order chi connectivity index (χ0) is 45.8. The van der Waals surface area contributed by atoms with Gasteiger partial charge in [0.15, 0.2) is 0 Å². The molecule has 0 amide bonds. The maximum Gasteiger partial charge on any atom is 0.0623 e. The summed E-state index contributed by atoms with van der Waals surface area (Å²) in [4.78, 5) is 2.43. The zero-order valence-electron chi connectivity index (χ0n) is 38.5. The highest BCUT2D eigenvalue weighted by Crippen LogP contribution is 2.58. The molecule has 0 saturated heterocycles. The second-order valence-electron chi connectivity index (χ2n) is 19.3. The number of rotatable bonds is 7. The van der Waals surface area contributed by atoms with Crippen LogP contribution in [-0.4, -0.2) is 4.57 Å². The van der Waals surface area contributed by atoms with Gasteiger partial charge in [-0.3, -0.25) is 0 Å². The van der Waals surface area contributed by atoms with E-state index >= 15 is 0 Å². The standard InChI is InChI=1S/C67H46N2/c1-67(2)60-25-14-24-58-57-34-31-50(42-63(57)69-62-26-12-11-23-56(62)59-35-36-61(67)65(64(58)60)66(59)69)46-29-32-53(33-30-46)68(54-22-13-21-48(39-54)49-28-27-45-19-9-10-20-47(45)37-49)55-40-51(43-15-5-3-6-16-43)38-52(41-55)44-17-7-4-8-18-44/h3-42H,1-2H3. The first-order valence-electron chi connectivity index (χ1n) is 24.1. The fourth-order valence-electron chi connectivity index (χ4n) is 11.7. The highest BCUT2D eigenvalue weighted by molar-refractivity contribution is 6.18. The minimum Gasteiger partial charge on any atom is -0.310 e. The van der Waals surface area contributed by atoms with E-state index in [0.29, 0.717) is 0 Å². The van der Waals surface area contributed by atoms with Crippen molar-refractivity contribution in [2.24, 2.45) is 0 Å². The zero-order valence-corrected chi connectivity index (χ0v) is 38.5. The summed E-state index contributed by atoms with van der Waals surface area (Å²) in [6.45, 7) is 4.78. The Hall–Kier alpha value is -8.72. The molecule has 0 N–H and O–H groups in total. The van der Waals surface area contributed by atoms with Crippen LogP contribution in [0.25, 0.3) is 105 Å². The second-order valence-corrected chi connectivity index (χ2v) is 19.3. The van der Waals surface area contributed by atoms with E-state index in [1.807, 2.05) is 0 Å². The van der Waals surface area contributed by atoms with Crippen molar-refractivity contribution in [3.05, 3.63) is 254 Å². The molecule has 69 heavy (non-hydrogen) atoms. The first-order chi connectivity index (χ1) is 34.0. The number of hydrogen-bond donors (Lipinski definition) is 0. The maximum atomic E-state index is 2.57. The van der Waals surface area contributed by atoms with E-state index in [-0.39, 0.29) is 5.41 Å². The van der Waals surface area contributed by atoms with Crippen LogP contribution in [0, 0.1) is 0 Å². The van der Waals surface area contributed by atoms with Crippen molar-refractivity contribution < 1.29 is 0 Å². The van der Waals surface area contributed by atoms with Gasteiger partial charge in [0.1, 0.15) is 0 Å². The molecule has 2 heteroatoms. The predicted molar refractivity (Wildman–Crippen MR) is 291 cm³/mol. The molecule has 11 aromatic carbocycles. The molecule has 1 aliphatic carbocycles. The molecule has 324 valence electrons. The average molecular weight is 879 g/mol. The third kappa shape index (κ3) is 6.12. The molecule has 0 unspecified atom stereocenters. The molecule has 0 fully saturated rings. The van der Waals surface area contributed by atoms with E-state index in [0.717, 1.165) is 17.1 Å². The third-order valence-corrected chi connectivity index (χ3v) is 15.1. The normalized spacial score (nSPS) is 12.9. The van der Waals surface area contributed by atoms with E-state index in [4.69, 9.17) is 0 Å². The molecule has 2 heterocycles. The van der Waals surface area contributed by atoms with E-state index in [9.17, 15) is 0 Å². The monoisotopic (exact) mass is 878 g/mol. The number of nitrogens with zero attached hydrogens (tertiary/aromatic N) is 2. The van der Waals surface area contributed by atoms with Crippen molar-refractivity contribution in [1.82, 2.24) is 4.57 Å². The molecule has 12 aromatic rings. The van der Waals surface area contributed by atoms with Gasteiger partial charge in [-0.2, -0.15) is 0 Å². The van der Waals surface area contributed by atoms with Gasteiger partial charge in [0.25, 0.3) is 0 Å². The number of para-hydroxylation sites is 1. The van der Waals surface area contributed by atoms with Crippen LogP contribution in [0.3, 0.4) is 0 Å². The van der Waals surface area contributed by atoms with Crippen molar-refractivity contribution in [2.45, 2.75) is 19.3 Å². The first-order valence-corrected chi connectivity index (χ1v) is 24.1. The Labute approximate surface area is 402 Å². The third-order valence-electron chi connectivity index (χ3n) is 15.1. The lowest BCUT2D eigenvalue weighted by atomic mass is 9.81. The predicted octanol–water partition coefficient (Wildman–Crippen LogP) is 18.4. The number of aromatic nitrogens is 1. The quantitative estimate of drug-likeness (QED) is 0.155. The molecule has 0 bridgehead atoms. The highest BCUT2D eigenvalue weighted by Gasteiger charge is 2.41. The Balaban J connectivity index is 0.941. The Kier molecular flexibility index (Phi) is 8.66.